The summed E-state index contributed by atoms with van der Waals surface area (Å²) in [6, 6.07) is 16.5. The van der Waals surface area contributed by atoms with Gasteiger partial charge in [-0.3, -0.25) is 4.79 Å². The number of nitrogens with one attached hydrogen (secondary N) is 1. The number of benzene rings is 2. The van der Waals surface area contributed by atoms with Crippen molar-refractivity contribution in [2.45, 2.75) is 9.99 Å². The van der Waals surface area contributed by atoms with Crippen molar-refractivity contribution in [3.05, 3.63) is 74.3 Å². The van der Waals surface area contributed by atoms with Gasteiger partial charge in [0.2, 0.25) is 0 Å². The summed E-state index contributed by atoms with van der Waals surface area (Å²) in [7, 11) is 0. The second-order valence-electron chi connectivity index (χ2n) is 5.37. The number of hydrogen-bond acceptors (Lipinski definition) is 5. The van der Waals surface area contributed by atoms with E-state index in [0.29, 0.717) is 21.6 Å². The summed E-state index contributed by atoms with van der Waals surface area (Å²) in [5, 5.41) is 5.27. The molecular formula is C19H13Br2ClN2O3S. The second kappa shape index (κ2) is 10.2. The molecule has 9 heteroatoms. The van der Waals surface area contributed by atoms with E-state index in [4.69, 9.17) is 20.8 Å². The molecule has 5 nitrogen and oxygen atoms in total. The molecule has 1 N–H and O–H groups in total. The fourth-order valence-electron chi connectivity index (χ4n) is 2.01. The van der Waals surface area contributed by atoms with E-state index in [1.807, 2.05) is 42.5 Å². The van der Waals surface area contributed by atoms with Gasteiger partial charge in [-0.25, -0.2) is 5.43 Å². The molecule has 1 heterocycles. The fourth-order valence-corrected chi connectivity index (χ4v) is 4.08. The van der Waals surface area contributed by atoms with E-state index in [2.05, 4.69) is 42.4 Å². The van der Waals surface area contributed by atoms with Gasteiger partial charge in [0.1, 0.15) is 11.5 Å². The molecule has 28 heavy (non-hydrogen) atoms. The van der Waals surface area contributed by atoms with Crippen LogP contribution in [0.4, 0.5) is 0 Å². The van der Waals surface area contributed by atoms with E-state index in [-0.39, 0.29) is 12.5 Å². The minimum atomic E-state index is -0.381. The first-order valence-corrected chi connectivity index (χ1v) is 10.7. The Kier molecular flexibility index (Phi) is 7.61. The lowest BCUT2D eigenvalue weighted by molar-refractivity contribution is -0.123. The molecule has 144 valence electrons. The third-order valence-electron chi connectivity index (χ3n) is 3.27. The molecule has 0 fully saturated rings. The highest BCUT2D eigenvalue weighted by atomic mass is 79.9. The zero-order valence-corrected chi connectivity index (χ0v) is 18.9. The molecule has 0 saturated carbocycles. The Morgan fingerprint density at radius 2 is 1.96 bits per heavy atom. The zero-order chi connectivity index (χ0) is 19.9. The molecule has 0 atom stereocenters. The highest BCUT2D eigenvalue weighted by Crippen LogP contribution is 2.30. The van der Waals surface area contributed by atoms with Crippen LogP contribution in [0, 0.1) is 0 Å². The smallest absolute Gasteiger partial charge is 0.277 e. The van der Waals surface area contributed by atoms with E-state index in [9.17, 15) is 4.79 Å². The first-order chi connectivity index (χ1) is 13.5. The van der Waals surface area contributed by atoms with Crippen molar-refractivity contribution in [2.24, 2.45) is 5.10 Å². The standard InChI is InChI=1S/C19H13Br2ClN2O3S/c20-12-1-7-17(16(21)9-12)26-11-18(25)24-23-10-14-4-8-19(27-14)28-15-5-2-13(22)3-6-15/h1-10H,11H2,(H,24,25)/b23-10+. The molecule has 0 spiro atoms. The number of carbonyl (C=O) groups is 1. The highest BCUT2D eigenvalue weighted by Gasteiger charge is 2.06. The van der Waals surface area contributed by atoms with Crippen LogP contribution in [0.2, 0.25) is 5.02 Å². The van der Waals surface area contributed by atoms with Crippen LogP contribution >= 0.6 is 55.2 Å². The summed E-state index contributed by atoms with van der Waals surface area (Å²) in [6.07, 6.45) is 1.43. The van der Waals surface area contributed by atoms with Crippen molar-refractivity contribution in [2.75, 3.05) is 6.61 Å². The number of nitrogens with zero attached hydrogens (tertiary/aromatic N) is 1. The summed E-state index contributed by atoms with van der Waals surface area (Å²) in [6.45, 7) is -0.159. The Morgan fingerprint density at radius 3 is 2.71 bits per heavy atom. The van der Waals surface area contributed by atoms with Crippen LogP contribution in [-0.2, 0) is 4.79 Å². The van der Waals surface area contributed by atoms with Gasteiger partial charge in [-0.15, -0.1) is 0 Å². The number of carbonyl (C=O) groups excluding carboxylic acids is 1. The average Bonchev–Trinajstić information content (AvgIpc) is 3.10. The van der Waals surface area contributed by atoms with Crippen LogP contribution in [0.1, 0.15) is 5.76 Å². The topological polar surface area (TPSA) is 63.8 Å². The number of halogens is 3. The van der Waals surface area contributed by atoms with Crippen LogP contribution in [0.3, 0.4) is 0 Å². The Morgan fingerprint density at radius 1 is 1.18 bits per heavy atom. The van der Waals surface area contributed by atoms with Crippen molar-refractivity contribution < 1.29 is 13.9 Å². The normalized spacial score (nSPS) is 11.0. The highest BCUT2D eigenvalue weighted by molar-refractivity contribution is 9.11. The van der Waals surface area contributed by atoms with Gasteiger partial charge in [-0.05, 0) is 70.5 Å². The summed E-state index contributed by atoms with van der Waals surface area (Å²) in [4.78, 5) is 12.8. The SMILES string of the molecule is O=C(COc1ccc(Br)cc1Br)N/N=C/c1ccc(Sc2ccc(Cl)cc2)o1. The summed E-state index contributed by atoms with van der Waals surface area (Å²) in [5.41, 5.74) is 2.40. The largest absolute Gasteiger partial charge is 0.483 e. The van der Waals surface area contributed by atoms with Gasteiger partial charge < -0.3 is 9.15 Å². The summed E-state index contributed by atoms with van der Waals surface area (Å²) >= 11 is 14.1. The Hall–Kier alpha value is -1.74. The van der Waals surface area contributed by atoms with Crippen LogP contribution in [-0.4, -0.2) is 18.7 Å². The van der Waals surface area contributed by atoms with E-state index in [0.717, 1.165) is 13.8 Å². The molecule has 0 saturated heterocycles. The quantitative estimate of drug-likeness (QED) is 0.287. The second-order valence-corrected chi connectivity index (χ2v) is 8.65. The molecule has 2 aromatic carbocycles. The number of rotatable bonds is 7. The minimum absolute atomic E-state index is 0.159. The maximum Gasteiger partial charge on any atom is 0.277 e. The molecule has 0 unspecified atom stereocenters. The maximum atomic E-state index is 11.8. The Bertz CT molecular complexity index is 993. The molecule has 0 aliphatic heterocycles. The fraction of sp³-hybridized carbons (Fsp3) is 0.0526. The van der Waals surface area contributed by atoms with Gasteiger partial charge >= 0.3 is 0 Å². The number of ether oxygens (including phenoxy) is 1. The minimum Gasteiger partial charge on any atom is -0.483 e. The summed E-state index contributed by atoms with van der Waals surface area (Å²) < 4.78 is 12.7. The van der Waals surface area contributed by atoms with Crippen LogP contribution < -0.4 is 10.2 Å². The van der Waals surface area contributed by atoms with Crippen molar-refractivity contribution in [3.8, 4) is 5.75 Å². The van der Waals surface area contributed by atoms with Crippen molar-refractivity contribution >= 4 is 67.3 Å². The predicted octanol–water partition coefficient (Wildman–Crippen LogP) is 6.14. The first kappa shape index (κ1) is 21.0. The van der Waals surface area contributed by atoms with Crippen LogP contribution in [0.25, 0.3) is 0 Å². The molecule has 0 radical (unpaired) electrons. The lowest BCUT2D eigenvalue weighted by Crippen LogP contribution is -2.24. The molecule has 0 aliphatic carbocycles. The van der Waals surface area contributed by atoms with Gasteiger partial charge in [0.05, 0.1) is 10.7 Å². The van der Waals surface area contributed by atoms with Gasteiger partial charge in [-0.2, -0.15) is 5.10 Å². The number of furan rings is 1. The Balaban J connectivity index is 1.47. The van der Waals surface area contributed by atoms with Gasteiger partial charge in [0.25, 0.3) is 5.91 Å². The first-order valence-electron chi connectivity index (χ1n) is 7.92. The van der Waals surface area contributed by atoms with E-state index in [1.54, 1.807) is 12.1 Å². The monoisotopic (exact) mass is 542 g/mol. The van der Waals surface area contributed by atoms with Crippen molar-refractivity contribution in [1.82, 2.24) is 5.43 Å². The predicted molar refractivity (Wildman–Crippen MR) is 117 cm³/mol. The number of amides is 1. The van der Waals surface area contributed by atoms with Gasteiger partial charge in [0.15, 0.2) is 11.7 Å². The lowest BCUT2D eigenvalue weighted by Gasteiger charge is -2.07. The van der Waals surface area contributed by atoms with Crippen LogP contribution in [0.15, 0.2) is 83.0 Å². The van der Waals surface area contributed by atoms with Gasteiger partial charge in [-0.1, -0.05) is 39.3 Å². The summed E-state index contributed by atoms with van der Waals surface area (Å²) in [5.74, 6) is 0.707. The molecule has 1 aromatic heterocycles. The molecule has 3 rings (SSSR count). The van der Waals surface area contributed by atoms with E-state index >= 15 is 0 Å². The number of hydrazone groups is 1. The third-order valence-corrected chi connectivity index (χ3v) is 5.56. The third kappa shape index (κ3) is 6.41. The molecule has 3 aromatic rings. The Labute approximate surface area is 187 Å². The molecule has 0 bridgehead atoms. The van der Waals surface area contributed by atoms with E-state index < -0.39 is 0 Å². The van der Waals surface area contributed by atoms with E-state index in [1.165, 1.54) is 18.0 Å². The maximum absolute atomic E-state index is 11.8. The van der Waals surface area contributed by atoms with Crippen molar-refractivity contribution in [3.63, 3.8) is 0 Å². The number of hydrogen-bond donors (Lipinski definition) is 1. The molecule has 0 aliphatic rings. The molecule has 1 amide bonds. The molecular weight excluding hydrogens is 532 g/mol. The van der Waals surface area contributed by atoms with Gasteiger partial charge in [0, 0.05) is 14.4 Å². The zero-order valence-electron chi connectivity index (χ0n) is 14.2. The van der Waals surface area contributed by atoms with Crippen LogP contribution in [0.5, 0.6) is 5.75 Å². The average molecular weight is 545 g/mol. The van der Waals surface area contributed by atoms with Crippen molar-refractivity contribution in [1.29, 1.82) is 0 Å². The lowest BCUT2D eigenvalue weighted by atomic mass is 10.3.